The van der Waals surface area contributed by atoms with Gasteiger partial charge in [-0.25, -0.2) is 0 Å². The highest BCUT2D eigenvalue weighted by Crippen LogP contribution is 2.56. The van der Waals surface area contributed by atoms with E-state index in [-0.39, 0.29) is 35.4 Å². The quantitative estimate of drug-likeness (QED) is 0.549. The topological polar surface area (TPSA) is 68.2 Å². The molecule has 0 spiro atoms. The van der Waals surface area contributed by atoms with Crippen molar-refractivity contribution >= 4 is 5.97 Å². The molecule has 7 atom stereocenters. The Labute approximate surface area is 196 Å². The zero-order chi connectivity index (χ0) is 23.5. The van der Waals surface area contributed by atoms with Gasteiger partial charge in [0, 0.05) is 36.9 Å². The van der Waals surface area contributed by atoms with Gasteiger partial charge in [-0.05, 0) is 55.4 Å². The van der Waals surface area contributed by atoms with Crippen molar-refractivity contribution in [3.8, 4) is 11.5 Å². The minimum atomic E-state index is -0.564. The first-order valence-electron chi connectivity index (χ1n) is 12.4. The Morgan fingerprint density at radius 2 is 1.94 bits per heavy atom. The second kappa shape index (κ2) is 8.31. The fourth-order valence-corrected chi connectivity index (χ4v) is 6.97. The zero-order valence-electron chi connectivity index (χ0n) is 20.5. The number of fused-ring (bicyclic) bond motifs is 3. The molecule has 4 aliphatic rings. The van der Waals surface area contributed by atoms with Crippen molar-refractivity contribution in [2.45, 2.75) is 64.7 Å². The van der Waals surface area contributed by atoms with Crippen molar-refractivity contribution in [3.05, 3.63) is 34.9 Å². The van der Waals surface area contributed by atoms with E-state index in [1.165, 1.54) is 16.7 Å². The van der Waals surface area contributed by atoms with Gasteiger partial charge in [0.2, 0.25) is 0 Å². The number of ether oxygens (including phenoxy) is 3. The summed E-state index contributed by atoms with van der Waals surface area (Å²) in [6, 6.07) is 4.28. The van der Waals surface area contributed by atoms with Crippen LogP contribution in [-0.2, 0) is 16.0 Å². The molecule has 6 nitrogen and oxygen atoms in total. The van der Waals surface area contributed by atoms with E-state index >= 15 is 0 Å². The van der Waals surface area contributed by atoms with Crippen LogP contribution in [0.25, 0.3) is 0 Å². The lowest BCUT2D eigenvalue weighted by Crippen LogP contribution is -2.55. The minimum absolute atomic E-state index is 0.140. The van der Waals surface area contributed by atoms with Gasteiger partial charge in [0.15, 0.2) is 11.5 Å². The maximum atomic E-state index is 13.1. The van der Waals surface area contributed by atoms with Crippen LogP contribution in [-0.4, -0.2) is 55.5 Å². The fourth-order valence-electron chi connectivity index (χ4n) is 6.97. The lowest BCUT2D eigenvalue weighted by atomic mass is 9.55. The molecule has 1 N–H and O–H groups in total. The molecule has 0 unspecified atom stereocenters. The predicted octanol–water partition coefficient (Wildman–Crippen LogP) is 3.91. The molecule has 2 heterocycles. The molecule has 5 rings (SSSR count). The molecule has 2 aliphatic carbocycles. The number of aliphatic hydroxyl groups is 1. The zero-order valence-corrected chi connectivity index (χ0v) is 20.5. The Bertz CT molecular complexity index is 974. The summed E-state index contributed by atoms with van der Waals surface area (Å²) in [4.78, 5) is 15.4. The summed E-state index contributed by atoms with van der Waals surface area (Å²) in [5.41, 5.74) is 3.49. The average molecular weight is 456 g/mol. The number of carbonyl (C=O) groups is 1. The van der Waals surface area contributed by atoms with Crippen molar-refractivity contribution in [3.63, 3.8) is 0 Å². The van der Waals surface area contributed by atoms with Crippen LogP contribution in [0.5, 0.6) is 11.5 Å². The van der Waals surface area contributed by atoms with Crippen LogP contribution in [0, 0.1) is 23.2 Å². The standard InChI is InChI=1S/C27H37NO5/c1-15-7-6-8-18-12-23-24(25(29)27(15,18)3)20(26(30)33-23)14-28-10-9-17-11-21(31-4)22(32-5)13-19(17)16(28)2/h8,11,13,15-16,20,23-25,29H,6-7,9-10,12,14H2,1-5H3/t15-,16-,20+,23+,24+,25+,27+/m0/s1. The van der Waals surface area contributed by atoms with Crippen LogP contribution < -0.4 is 9.47 Å². The first-order chi connectivity index (χ1) is 15.8. The third-order valence-electron chi connectivity index (χ3n) is 9.31. The van der Waals surface area contributed by atoms with E-state index in [9.17, 15) is 9.90 Å². The molecule has 2 aliphatic heterocycles. The van der Waals surface area contributed by atoms with Gasteiger partial charge >= 0.3 is 5.97 Å². The summed E-state index contributed by atoms with van der Waals surface area (Å²) in [7, 11) is 3.32. The van der Waals surface area contributed by atoms with Gasteiger partial charge in [-0.15, -0.1) is 0 Å². The molecular formula is C27H37NO5. The van der Waals surface area contributed by atoms with E-state index in [1.807, 2.05) is 0 Å². The number of allylic oxidation sites excluding steroid dienone is 1. The number of aliphatic hydroxyl groups excluding tert-OH is 1. The molecule has 1 aromatic carbocycles. The third kappa shape index (κ3) is 3.40. The van der Waals surface area contributed by atoms with E-state index in [2.05, 4.69) is 43.9 Å². The number of hydrogen-bond donors (Lipinski definition) is 1. The summed E-state index contributed by atoms with van der Waals surface area (Å²) < 4.78 is 16.9. The highest BCUT2D eigenvalue weighted by molar-refractivity contribution is 5.76. The van der Waals surface area contributed by atoms with E-state index in [1.54, 1.807) is 14.2 Å². The van der Waals surface area contributed by atoms with Gasteiger partial charge in [-0.2, -0.15) is 0 Å². The molecule has 33 heavy (non-hydrogen) atoms. The van der Waals surface area contributed by atoms with Crippen LogP contribution in [0.1, 0.15) is 57.2 Å². The van der Waals surface area contributed by atoms with E-state index in [4.69, 9.17) is 14.2 Å². The van der Waals surface area contributed by atoms with Crippen LogP contribution >= 0.6 is 0 Å². The lowest BCUT2D eigenvalue weighted by molar-refractivity contribution is -0.145. The lowest BCUT2D eigenvalue weighted by Gasteiger charge is -2.52. The Kier molecular flexibility index (Phi) is 5.73. The molecule has 0 bridgehead atoms. The van der Waals surface area contributed by atoms with Crippen molar-refractivity contribution in [1.82, 2.24) is 4.90 Å². The van der Waals surface area contributed by atoms with Gasteiger partial charge in [0.25, 0.3) is 0 Å². The second-order valence-corrected chi connectivity index (χ2v) is 10.6. The summed E-state index contributed by atoms with van der Waals surface area (Å²) in [5.74, 6) is 1.27. The Balaban J connectivity index is 1.40. The van der Waals surface area contributed by atoms with Gasteiger partial charge in [-0.3, -0.25) is 9.69 Å². The maximum absolute atomic E-state index is 13.1. The minimum Gasteiger partial charge on any atom is -0.493 e. The number of methoxy groups -OCH3 is 2. The van der Waals surface area contributed by atoms with Crippen LogP contribution in [0.4, 0.5) is 0 Å². The number of esters is 1. The Morgan fingerprint density at radius 3 is 2.67 bits per heavy atom. The predicted molar refractivity (Wildman–Crippen MR) is 125 cm³/mol. The molecule has 6 heteroatoms. The van der Waals surface area contributed by atoms with Crippen LogP contribution in [0.15, 0.2) is 23.8 Å². The molecule has 2 fully saturated rings. The van der Waals surface area contributed by atoms with Gasteiger partial charge in [0.05, 0.1) is 26.2 Å². The SMILES string of the molecule is COc1cc2c(cc1OC)[C@H](C)N(C[C@H]1C(=O)O[C@@H]3CC4=CCC[C@H](C)[C@@]4(C)[C@H](O)[C@@H]31)CC2. The molecule has 180 valence electrons. The molecular weight excluding hydrogens is 418 g/mol. The van der Waals surface area contributed by atoms with Gasteiger partial charge in [-0.1, -0.05) is 25.5 Å². The highest BCUT2D eigenvalue weighted by atomic mass is 16.6. The highest BCUT2D eigenvalue weighted by Gasteiger charge is 2.60. The number of hydrogen-bond acceptors (Lipinski definition) is 6. The Morgan fingerprint density at radius 1 is 1.21 bits per heavy atom. The van der Waals surface area contributed by atoms with Gasteiger partial charge < -0.3 is 19.3 Å². The van der Waals surface area contributed by atoms with Crippen molar-refractivity contribution < 1.29 is 24.1 Å². The van der Waals surface area contributed by atoms with E-state index < -0.39 is 6.10 Å². The fraction of sp³-hybridized carbons (Fsp3) is 0.667. The van der Waals surface area contributed by atoms with E-state index in [0.29, 0.717) is 12.5 Å². The van der Waals surface area contributed by atoms with Crippen molar-refractivity contribution in [1.29, 1.82) is 0 Å². The monoisotopic (exact) mass is 455 g/mol. The Hall–Kier alpha value is -2.05. The summed E-state index contributed by atoms with van der Waals surface area (Å²) in [5, 5.41) is 11.6. The largest absolute Gasteiger partial charge is 0.493 e. The normalized spacial score (nSPS) is 38.0. The van der Waals surface area contributed by atoms with Crippen LogP contribution in [0.2, 0.25) is 0 Å². The molecule has 0 aromatic heterocycles. The molecule has 1 saturated heterocycles. The number of carbonyl (C=O) groups excluding carboxylic acids is 1. The summed E-state index contributed by atoms with van der Waals surface area (Å²) in [6.45, 7) is 8.09. The first-order valence-corrected chi connectivity index (χ1v) is 12.4. The summed E-state index contributed by atoms with van der Waals surface area (Å²) >= 11 is 0. The molecule has 1 aromatic rings. The molecule has 1 saturated carbocycles. The average Bonchev–Trinajstić information content (AvgIpc) is 3.11. The van der Waals surface area contributed by atoms with E-state index in [0.717, 1.165) is 43.7 Å². The van der Waals surface area contributed by atoms with Crippen molar-refractivity contribution in [2.75, 3.05) is 27.3 Å². The third-order valence-corrected chi connectivity index (χ3v) is 9.31. The number of nitrogens with zero attached hydrogens (tertiary/aromatic N) is 1. The second-order valence-electron chi connectivity index (χ2n) is 10.6. The van der Waals surface area contributed by atoms with Crippen molar-refractivity contribution in [2.24, 2.45) is 23.2 Å². The maximum Gasteiger partial charge on any atom is 0.311 e. The smallest absolute Gasteiger partial charge is 0.311 e. The molecule has 0 radical (unpaired) electrons. The van der Waals surface area contributed by atoms with Gasteiger partial charge in [0.1, 0.15) is 6.10 Å². The number of rotatable bonds is 4. The summed E-state index contributed by atoms with van der Waals surface area (Å²) in [6.07, 6.45) is 5.29. The van der Waals surface area contributed by atoms with Crippen LogP contribution in [0.3, 0.4) is 0 Å². The first kappa shape index (κ1) is 22.7. The number of benzene rings is 1. The molecule has 0 amide bonds.